The van der Waals surface area contributed by atoms with Crippen LogP contribution in [0.15, 0.2) is 36.4 Å². The highest BCUT2D eigenvalue weighted by Crippen LogP contribution is 2.13. The van der Waals surface area contributed by atoms with E-state index in [1.54, 1.807) is 0 Å². The Balaban J connectivity index is 1.56. The Morgan fingerprint density at radius 3 is 2.70 bits per heavy atom. The number of aromatic nitrogens is 5. The van der Waals surface area contributed by atoms with Gasteiger partial charge in [0.15, 0.2) is 5.82 Å². The largest absolute Gasteiger partial charge is 0.305 e. The number of rotatable bonds is 6. The first-order valence-electron chi connectivity index (χ1n) is 7.83. The van der Waals surface area contributed by atoms with E-state index in [1.807, 2.05) is 41.9 Å². The highest BCUT2D eigenvalue weighted by molar-refractivity contribution is 5.53. The van der Waals surface area contributed by atoms with Crippen molar-refractivity contribution in [1.29, 1.82) is 0 Å². The molecule has 0 aliphatic rings. The second kappa shape index (κ2) is 6.75. The molecule has 6 heteroatoms. The zero-order chi connectivity index (χ0) is 16.2. The molecule has 2 N–H and O–H groups in total. The van der Waals surface area contributed by atoms with Crippen LogP contribution in [-0.2, 0) is 13.1 Å². The third-order valence-electron chi connectivity index (χ3n) is 3.73. The summed E-state index contributed by atoms with van der Waals surface area (Å²) in [5.41, 5.74) is 3.25. The first-order chi connectivity index (χ1) is 11.1. The van der Waals surface area contributed by atoms with Gasteiger partial charge in [-0.1, -0.05) is 30.3 Å². The lowest BCUT2D eigenvalue weighted by Gasteiger charge is -2.13. The molecule has 1 aromatic carbocycles. The summed E-state index contributed by atoms with van der Waals surface area (Å²) >= 11 is 0. The topological polar surface area (TPSA) is 71.4 Å². The van der Waals surface area contributed by atoms with E-state index < -0.39 is 0 Å². The highest BCUT2D eigenvalue weighted by atomic mass is 15.3. The summed E-state index contributed by atoms with van der Waals surface area (Å²) in [7, 11) is 0. The van der Waals surface area contributed by atoms with E-state index in [0.29, 0.717) is 12.6 Å². The van der Waals surface area contributed by atoms with Crippen LogP contribution in [0, 0.1) is 13.8 Å². The quantitative estimate of drug-likeness (QED) is 0.733. The van der Waals surface area contributed by atoms with E-state index >= 15 is 0 Å². The molecule has 1 atom stereocenters. The minimum Gasteiger partial charge on any atom is -0.305 e. The second-order valence-electron chi connectivity index (χ2n) is 5.86. The van der Waals surface area contributed by atoms with Crippen molar-refractivity contribution in [3.05, 3.63) is 53.6 Å². The molecule has 3 rings (SSSR count). The summed E-state index contributed by atoms with van der Waals surface area (Å²) in [5.74, 6) is 1.57. The Morgan fingerprint density at radius 2 is 2.00 bits per heavy atom. The number of hydrogen-bond donors (Lipinski definition) is 2. The molecule has 0 saturated heterocycles. The summed E-state index contributed by atoms with van der Waals surface area (Å²) in [5, 5.41) is 15.2. The van der Waals surface area contributed by atoms with Crippen LogP contribution in [-0.4, -0.2) is 31.0 Å². The van der Waals surface area contributed by atoms with Crippen molar-refractivity contribution in [3.63, 3.8) is 0 Å². The van der Waals surface area contributed by atoms with Gasteiger partial charge in [0.2, 0.25) is 0 Å². The van der Waals surface area contributed by atoms with Gasteiger partial charge in [0.05, 0.1) is 18.8 Å². The molecule has 3 aromatic rings. The van der Waals surface area contributed by atoms with Gasteiger partial charge < -0.3 is 5.32 Å². The van der Waals surface area contributed by atoms with Crippen molar-refractivity contribution in [2.24, 2.45) is 0 Å². The van der Waals surface area contributed by atoms with E-state index in [0.717, 1.165) is 29.5 Å². The maximum atomic E-state index is 4.53. The molecular formula is C17H22N6. The fourth-order valence-electron chi connectivity index (χ4n) is 2.55. The number of hydrogen-bond acceptors (Lipinski definition) is 4. The monoisotopic (exact) mass is 310 g/mol. The number of nitrogens with one attached hydrogen (secondary N) is 2. The fourth-order valence-corrected chi connectivity index (χ4v) is 2.55. The molecule has 120 valence electrons. The lowest BCUT2D eigenvalue weighted by atomic mass is 10.2. The second-order valence-corrected chi connectivity index (χ2v) is 5.86. The molecule has 2 heterocycles. The Hall–Kier alpha value is -2.47. The molecule has 0 radical (unpaired) electrons. The van der Waals surface area contributed by atoms with Crippen molar-refractivity contribution in [3.8, 4) is 11.4 Å². The Labute approximate surface area is 136 Å². The third kappa shape index (κ3) is 3.84. The van der Waals surface area contributed by atoms with Gasteiger partial charge in [-0.3, -0.25) is 9.78 Å². The minimum atomic E-state index is 0.290. The molecule has 0 saturated carbocycles. The predicted molar refractivity (Wildman–Crippen MR) is 89.8 cm³/mol. The van der Waals surface area contributed by atoms with Gasteiger partial charge in [0, 0.05) is 17.3 Å². The average molecular weight is 310 g/mol. The normalized spacial score (nSPS) is 12.5. The minimum absolute atomic E-state index is 0.290. The van der Waals surface area contributed by atoms with Crippen molar-refractivity contribution in [2.75, 3.05) is 0 Å². The third-order valence-corrected chi connectivity index (χ3v) is 3.73. The molecule has 6 nitrogen and oxygen atoms in total. The molecule has 23 heavy (non-hydrogen) atoms. The lowest BCUT2D eigenvalue weighted by Crippen LogP contribution is -2.31. The summed E-state index contributed by atoms with van der Waals surface area (Å²) in [6.07, 6.45) is 0. The van der Waals surface area contributed by atoms with Crippen molar-refractivity contribution in [2.45, 2.75) is 39.9 Å². The molecule has 1 unspecified atom stereocenters. The van der Waals surface area contributed by atoms with Gasteiger partial charge >= 0.3 is 0 Å². The number of aromatic amines is 1. The van der Waals surface area contributed by atoms with Gasteiger partial charge in [-0.25, -0.2) is 4.98 Å². The Kier molecular flexibility index (Phi) is 4.52. The summed E-state index contributed by atoms with van der Waals surface area (Å²) in [4.78, 5) is 4.53. The lowest BCUT2D eigenvalue weighted by molar-refractivity contribution is 0.439. The Morgan fingerprint density at radius 1 is 1.22 bits per heavy atom. The molecule has 2 aromatic heterocycles. The molecule has 0 aliphatic carbocycles. The van der Waals surface area contributed by atoms with E-state index in [9.17, 15) is 0 Å². The highest BCUT2D eigenvalue weighted by Gasteiger charge is 2.09. The van der Waals surface area contributed by atoms with Crippen LogP contribution in [0.5, 0.6) is 0 Å². The molecular weight excluding hydrogens is 288 g/mol. The zero-order valence-electron chi connectivity index (χ0n) is 13.7. The van der Waals surface area contributed by atoms with E-state index in [-0.39, 0.29) is 0 Å². The van der Waals surface area contributed by atoms with Gasteiger partial charge in [-0.2, -0.15) is 10.2 Å². The smallest absolute Gasteiger partial charge is 0.181 e. The predicted octanol–water partition coefficient (Wildman–Crippen LogP) is 2.46. The zero-order valence-corrected chi connectivity index (χ0v) is 13.7. The average Bonchev–Trinajstić information content (AvgIpc) is 3.13. The van der Waals surface area contributed by atoms with Gasteiger partial charge in [0.25, 0.3) is 0 Å². The first-order valence-corrected chi connectivity index (χ1v) is 7.83. The maximum Gasteiger partial charge on any atom is 0.181 e. The molecule has 0 bridgehead atoms. The summed E-state index contributed by atoms with van der Waals surface area (Å²) in [6.45, 7) is 7.72. The van der Waals surface area contributed by atoms with Crippen molar-refractivity contribution >= 4 is 0 Å². The van der Waals surface area contributed by atoms with Crippen LogP contribution in [0.1, 0.15) is 24.1 Å². The van der Waals surface area contributed by atoms with E-state index in [1.165, 1.54) is 5.69 Å². The van der Waals surface area contributed by atoms with Crippen LogP contribution < -0.4 is 5.32 Å². The van der Waals surface area contributed by atoms with E-state index in [4.69, 9.17) is 0 Å². The van der Waals surface area contributed by atoms with Crippen molar-refractivity contribution < 1.29 is 0 Å². The standard InChI is InChI=1S/C17H22N6/c1-12-9-14(3)23(22-12)11-13(2)18-10-16-19-17(21-20-16)15-7-5-4-6-8-15/h4-9,13,18H,10-11H2,1-3H3,(H,19,20,21). The van der Waals surface area contributed by atoms with Gasteiger partial charge in [0.1, 0.15) is 5.82 Å². The van der Waals surface area contributed by atoms with Crippen LogP contribution in [0.3, 0.4) is 0 Å². The summed E-state index contributed by atoms with van der Waals surface area (Å²) < 4.78 is 2.03. The van der Waals surface area contributed by atoms with Crippen molar-refractivity contribution in [1.82, 2.24) is 30.3 Å². The molecule has 0 aliphatic heterocycles. The van der Waals surface area contributed by atoms with Crippen LogP contribution in [0.2, 0.25) is 0 Å². The summed E-state index contributed by atoms with van der Waals surface area (Å²) in [6, 6.07) is 12.4. The van der Waals surface area contributed by atoms with Gasteiger partial charge in [-0.05, 0) is 26.8 Å². The number of benzene rings is 1. The van der Waals surface area contributed by atoms with Crippen LogP contribution >= 0.6 is 0 Å². The number of aryl methyl sites for hydroxylation is 2. The number of nitrogens with zero attached hydrogens (tertiary/aromatic N) is 4. The van der Waals surface area contributed by atoms with E-state index in [2.05, 4.69) is 45.5 Å². The molecule has 0 fully saturated rings. The van der Waals surface area contributed by atoms with Crippen LogP contribution in [0.25, 0.3) is 11.4 Å². The Bertz CT molecular complexity index is 758. The molecule has 0 spiro atoms. The van der Waals surface area contributed by atoms with Gasteiger partial charge in [-0.15, -0.1) is 0 Å². The molecule has 0 amide bonds. The first kappa shape index (κ1) is 15.4. The fraction of sp³-hybridized carbons (Fsp3) is 0.353. The maximum absolute atomic E-state index is 4.53. The van der Waals surface area contributed by atoms with Crippen LogP contribution in [0.4, 0.5) is 0 Å². The number of H-pyrrole nitrogens is 1. The SMILES string of the molecule is Cc1cc(C)n(CC(C)NCc2nc(-c3ccccc3)n[nH]2)n1.